The van der Waals surface area contributed by atoms with E-state index in [1.807, 2.05) is 31.2 Å². The molecular formula is C34H46F2N7O6P. The van der Waals surface area contributed by atoms with Crippen LogP contribution in [0.15, 0.2) is 48.5 Å². The van der Waals surface area contributed by atoms with Crippen LogP contribution < -0.4 is 15.4 Å². The summed E-state index contributed by atoms with van der Waals surface area (Å²) in [6.07, 6.45) is 0.505. The van der Waals surface area contributed by atoms with Gasteiger partial charge in [-0.15, -0.1) is 0 Å². The summed E-state index contributed by atoms with van der Waals surface area (Å²) in [6.45, 7) is 15.2. The Balaban J connectivity index is 1.32. The van der Waals surface area contributed by atoms with E-state index in [1.165, 1.54) is 12.1 Å². The van der Waals surface area contributed by atoms with Crippen molar-refractivity contribution in [3.05, 3.63) is 65.9 Å². The predicted molar refractivity (Wildman–Crippen MR) is 188 cm³/mol. The third-order valence-electron chi connectivity index (χ3n) is 6.76. The lowest BCUT2D eigenvalue weighted by atomic mass is 10.2. The highest BCUT2D eigenvalue weighted by molar-refractivity contribution is 7.48. The number of hydrogen-bond acceptors (Lipinski definition) is 11. The van der Waals surface area contributed by atoms with Gasteiger partial charge in [-0.25, -0.2) is 13.3 Å². The van der Waals surface area contributed by atoms with Gasteiger partial charge in [0.05, 0.1) is 42.0 Å². The number of phosphoric acid groups is 1. The number of H-pyrrole nitrogens is 1. The quantitative estimate of drug-likeness (QED) is 0.0740. The van der Waals surface area contributed by atoms with Crippen LogP contribution in [0.2, 0.25) is 0 Å². The molecule has 0 aliphatic heterocycles. The van der Waals surface area contributed by atoms with Crippen molar-refractivity contribution in [3.63, 3.8) is 0 Å². The Morgan fingerprint density at radius 2 is 1.68 bits per heavy atom. The number of halogens is 2. The first-order valence-electron chi connectivity index (χ1n) is 16.4. The Morgan fingerprint density at radius 3 is 2.38 bits per heavy atom. The van der Waals surface area contributed by atoms with Crippen molar-refractivity contribution < 1.29 is 36.4 Å². The van der Waals surface area contributed by atoms with Crippen LogP contribution in [-0.2, 0) is 29.4 Å². The van der Waals surface area contributed by atoms with Crippen molar-refractivity contribution in [1.29, 1.82) is 0 Å². The third-order valence-corrected chi connectivity index (χ3v) is 8.80. The number of hydrogen-bond donors (Lipinski definition) is 3. The standard InChI is InChI=1S/C34H46F2N7O6P/c1-8-43(18-20-47-50(45,48-33(2,3)4)49-34(5,6)7)17-12-19-46-32-38-26-15-10-9-13-24(26)31(40-32)39-28-21-23(41-42-28)22-29(44)37-27-16-11-14-25(35)30(27)36/h9-11,13-16,21H,8,12,17-20,22H2,1-7H3,(H,37,44)(H2,38,39,40,41,42). The lowest BCUT2D eigenvalue weighted by Gasteiger charge is -2.31. The molecule has 4 rings (SSSR count). The van der Waals surface area contributed by atoms with Crippen molar-refractivity contribution in [2.45, 2.75) is 72.5 Å². The molecule has 13 nitrogen and oxygen atoms in total. The minimum Gasteiger partial charge on any atom is -0.463 e. The normalized spacial score (nSPS) is 12.4. The molecule has 0 atom stereocenters. The molecule has 0 spiro atoms. The highest BCUT2D eigenvalue weighted by atomic mass is 31.2. The second-order valence-electron chi connectivity index (χ2n) is 13.4. The number of carbonyl (C=O) groups is 1. The molecule has 1 amide bonds. The fourth-order valence-corrected chi connectivity index (χ4v) is 6.51. The van der Waals surface area contributed by atoms with Crippen LogP contribution in [0.5, 0.6) is 6.01 Å². The van der Waals surface area contributed by atoms with E-state index in [4.69, 9.17) is 18.3 Å². The smallest absolute Gasteiger partial charge is 0.463 e. The third kappa shape index (κ3) is 12.1. The molecule has 4 aromatic rings. The van der Waals surface area contributed by atoms with Gasteiger partial charge in [0.25, 0.3) is 0 Å². The number of fused-ring (bicyclic) bond motifs is 1. The summed E-state index contributed by atoms with van der Waals surface area (Å²) in [6, 6.07) is 12.8. The summed E-state index contributed by atoms with van der Waals surface area (Å²) < 4.78 is 63.8. The molecule has 0 saturated heterocycles. The number of phosphoric ester groups is 1. The van der Waals surface area contributed by atoms with E-state index >= 15 is 0 Å². The van der Waals surface area contributed by atoms with E-state index in [-0.39, 0.29) is 24.7 Å². The molecule has 0 bridgehead atoms. The summed E-state index contributed by atoms with van der Waals surface area (Å²) in [5.74, 6) is -1.90. The summed E-state index contributed by atoms with van der Waals surface area (Å²) >= 11 is 0. The number of rotatable bonds is 17. The number of carbonyl (C=O) groups excluding carboxylic acids is 1. The molecule has 0 aliphatic rings. The Morgan fingerprint density at radius 1 is 0.960 bits per heavy atom. The molecular weight excluding hydrogens is 671 g/mol. The predicted octanol–water partition coefficient (Wildman–Crippen LogP) is 7.40. The topological polar surface area (TPSA) is 153 Å². The van der Waals surface area contributed by atoms with Crippen LogP contribution in [0.1, 0.15) is 60.6 Å². The molecule has 0 aliphatic carbocycles. The van der Waals surface area contributed by atoms with E-state index in [0.717, 1.165) is 18.0 Å². The van der Waals surface area contributed by atoms with Crippen molar-refractivity contribution in [3.8, 4) is 6.01 Å². The van der Waals surface area contributed by atoms with Gasteiger partial charge in [-0.3, -0.25) is 23.5 Å². The van der Waals surface area contributed by atoms with Gasteiger partial charge in [-0.1, -0.05) is 25.1 Å². The summed E-state index contributed by atoms with van der Waals surface area (Å²) in [5.41, 5.74) is -0.578. The van der Waals surface area contributed by atoms with Gasteiger partial charge < -0.3 is 20.3 Å². The van der Waals surface area contributed by atoms with Crippen molar-refractivity contribution in [1.82, 2.24) is 25.1 Å². The number of nitrogens with one attached hydrogen (secondary N) is 3. The fourth-order valence-electron chi connectivity index (χ4n) is 4.72. The van der Waals surface area contributed by atoms with Gasteiger partial charge in [-0.2, -0.15) is 15.1 Å². The summed E-state index contributed by atoms with van der Waals surface area (Å²) in [7, 11) is -3.79. The van der Waals surface area contributed by atoms with Crippen LogP contribution in [0, 0.1) is 11.6 Å². The zero-order valence-corrected chi connectivity index (χ0v) is 30.4. The number of anilines is 3. The molecule has 272 valence electrons. The number of ether oxygens (including phenoxy) is 1. The molecule has 50 heavy (non-hydrogen) atoms. The van der Waals surface area contributed by atoms with Crippen LogP contribution >= 0.6 is 7.82 Å². The molecule has 2 aromatic carbocycles. The van der Waals surface area contributed by atoms with Crippen LogP contribution in [0.3, 0.4) is 0 Å². The molecule has 3 N–H and O–H groups in total. The molecule has 0 unspecified atom stereocenters. The lowest BCUT2D eigenvalue weighted by Crippen LogP contribution is -2.30. The average Bonchev–Trinajstić information content (AvgIpc) is 3.45. The maximum absolute atomic E-state index is 14.0. The Hall–Kier alpha value is -4.01. The van der Waals surface area contributed by atoms with E-state index in [1.54, 1.807) is 47.6 Å². The van der Waals surface area contributed by atoms with Crippen LogP contribution in [0.25, 0.3) is 10.9 Å². The lowest BCUT2D eigenvalue weighted by molar-refractivity contribution is -0.115. The minimum atomic E-state index is -3.79. The number of nitrogens with zero attached hydrogens (tertiary/aromatic N) is 4. The second-order valence-corrected chi connectivity index (χ2v) is 14.9. The van der Waals surface area contributed by atoms with Gasteiger partial charge in [0.2, 0.25) is 5.91 Å². The largest absolute Gasteiger partial charge is 0.475 e. The monoisotopic (exact) mass is 717 g/mol. The van der Waals surface area contributed by atoms with Crippen molar-refractivity contribution >= 4 is 42.0 Å². The number of benzene rings is 2. The molecule has 2 heterocycles. The van der Waals surface area contributed by atoms with Crippen LogP contribution in [-0.4, -0.2) is 75.0 Å². The highest BCUT2D eigenvalue weighted by Crippen LogP contribution is 2.55. The van der Waals surface area contributed by atoms with Crippen molar-refractivity contribution in [2.75, 3.05) is 43.5 Å². The molecule has 0 fully saturated rings. The number of aromatic amines is 1. The molecule has 2 aromatic heterocycles. The van der Waals surface area contributed by atoms with E-state index in [9.17, 15) is 18.1 Å². The SMILES string of the molecule is CCN(CCCOc1nc(Nc2cc(CC(=O)Nc3cccc(F)c3F)[nH]n2)c2ccccc2n1)CCOP(=O)(OC(C)(C)C)OC(C)(C)C. The van der Waals surface area contributed by atoms with Gasteiger partial charge in [0.15, 0.2) is 17.5 Å². The Labute approximate surface area is 291 Å². The van der Waals surface area contributed by atoms with E-state index in [0.29, 0.717) is 49.0 Å². The van der Waals surface area contributed by atoms with Crippen LogP contribution in [0.4, 0.5) is 26.1 Å². The zero-order valence-electron chi connectivity index (χ0n) is 29.5. The van der Waals surface area contributed by atoms with Gasteiger partial charge >= 0.3 is 13.8 Å². The highest BCUT2D eigenvalue weighted by Gasteiger charge is 2.37. The Bertz CT molecular complexity index is 1770. The maximum Gasteiger partial charge on any atom is 0.475 e. The average molecular weight is 718 g/mol. The van der Waals surface area contributed by atoms with Gasteiger partial charge in [0, 0.05) is 30.2 Å². The number of para-hydroxylation sites is 1. The molecule has 0 saturated carbocycles. The summed E-state index contributed by atoms with van der Waals surface area (Å²) in [5, 5.41) is 13.2. The van der Waals surface area contributed by atoms with E-state index < -0.39 is 36.6 Å². The minimum absolute atomic E-state index is 0.154. The summed E-state index contributed by atoms with van der Waals surface area (Å²) in [4.78, 5) is 23.7. The van der Waals surface area contributed by atoms with Crippen molar-refractivity contribution in [2.24, 2.45) is 0 Å². The zero-order chi connectivity index (χ0) is 36.5. The maximum atomic E-state index is 14.0. The molecule has 16 heteroatoms. The number of amides is 1. The Kier molecular flexibility index (Phi) is 13.0. The van der Waals surface area contributed by atoms with Gasteiger partial charge in [-0.05, 0) is 78.8 Å². The molecule has 0 radical (unpaired) electrons. The first-order chi connectivity index (χ1) is 23.5. The first kappa shape index (κ1) is 38.8. The number of likely N-dealkylation sites (N-methyl/N-ethyl adjacent to an activating group) is 1. The second kappa shape index (κ2) is 16.8. The van der Waals surface area contributed by atoms with Gasteiger partial charge in [0.1, 0.15) is 5.82 Å². The van der Waals surface area contributed by atoms with E-state index in [2.05, 4.69) is 35.7 Å². The first-order valence-corrected chi connectivity index (χ1v) is 17.8. The fraction of sp³-hybridized carbons (Fsp3) is 0.471. The number of aromatic nitrogens is 4.